The molecule has 2 heterocycles. The molecule has 3 rings (SSSR count). The molecule has 7 nitrogen and oxygen atoms in total. The van der Waals surface area contributed by atoms with Gasteiger partial charge in [0.05, 0.1) is 30.4 Å². The topological polar surface area (TPSA) is 74.0 Å². The van der Waals surface area contributed by atoms with Crippen molar-refractivity contribution in [2.24, 2.45) is 14.1 Å². The number of methoxy groups -OCH3 is 1. The Bertz CT molecular complexity index is 923. The molecule has 0 radical (unpaired) electrons. The zero-order valence-electron chi connectivity index (χ0n) is 14.5. The van der Waals surface area contributed by atoms with E-state index >= 15 is 0 Å². The number of carbonyl (C=O) groups is 1. The summed E-state index contributed by atoms with van der Waals surface area (Å²) in [7, 11) is 5.23. The minimum atomic E-state index is -0.221. The predicted molar refractivity (Wildman–Crippen MR) is 91.1 cm³/mol. The second-order valence-electron chi connectivity index (χ2n) is 5.81. The third kappa shape index (κ3) is 2.51. The maximum Gasteiger partial charge on any atom is 0.259 e. The van der Waals surface area contributed by atoms with Crippen molar-refractivity contribution in [2.75, 3.05) is 7.11 Å². The number of benzene rings is 1. The highest BCUT2D eigenvalue weighted by molar-refractivity contribution is 5.97. The Hall–Kier alpha value is -2.83. The van der Waals surface area contributed by atoms with Crippen LogP contribution in [0.5, 0.6) is 5.88 Å². The molecule has 0 aliphatic heterocycles. The minimum absolute atomic E-state index is 0.221. The van der Waals surface area contributed by atoms with Crippen LogP contribution < -0.4 is 10.1 Å². The summed E-state index contributed by atoms with van der Waals surface area (Å²) in [5, 5.41) is 7.14. The molecule has 0 saturated carbocycles. The van der Waals surface area contributed by atoms with E-state index in [4.69, 9.17) is 4.74 Å². The van der Waals surface area contributed by atoms with E-state index in [1.165, 1.54) is 7.11 Å². The van der Waals surface area contributed by atoms with Crippen LogP contribution in [0, 0.1) is 13.8 Å². The van der Waals surface area contributed by atoms with Crippen LogP contribution >= 0.6 is 0 Å². The molecule has 0 unspecified atom stereocenters. The fourth-order valence-corrected chi connectivity index (χ4v) is 3.05. The number of aromatic nitrogens is 4. The first-order chi connectivity index (χ1) is 11.4. The van der Waals surface area contributed by atoms with E-state index in [2.05, 4.69) is 28.4 Å². The van der Waals surface area contributed by atoms with Crippen LogP contribution in [0.3, 0.4) is 0 Å². The number of imidazole rings is 1. The van der Waals surface area contributed by atoms with Gasteiger partial charge in [-0.3, -0.25) is 4.79 Å². The van der Waals surface area contributed by atoms with Crippen LogP contribution in [0.2, 0.25) is 0 Å². The van der Waals surface area contributed by atoms with Crippen molar-refractivity contribution in [1.29, 1.82) is 0 Å². The zero-order valence-corrected chi connectivity index (χ0v) is 14.5. The molecule has 24 heavy (non-hydrogen) atoms. The third-order valence-electron chi connectivity index (χ3n) is 4.19. The molecule has 1 aromatic carbocycles. The molecule has 0 fully saturated rings. The molecule has 0 spiro atoms. The van der Waals surface area contributed by atoms with Gasteiger partial charge in [-0.15, -0.1) is 0 Å². The molecule has 7 heteroatoms. The summed E-state index contributed by atoms with van der Waals surface area (Å²) in [4.78, 5) is 17.1. The molecular weight excluding hydrogens is 306 g/mol. The molecular formula is C17H21N5O2. The van der Waals surface area contributed by atoms with Crippen LogP contribution in [-0.2, 0) is 20.6 Å². The molecule has 3 aromatic rings. The van der Waals surface area contributed by atoms with Gasteiger partial charge < -0.3 is 14.6 Å². The summed E-state index contributed by atoms with van der Waals surface area (Å²) >= 11 is 0. The number of nitrogens with zero attached hydrogens (tertiary/aromatic N) is 4. The second-order valence-corrected chi connectivity index (χ2v) is 5.81. The average molecular weight is 327 g/mol. The van der Waals surface area contributed by atoms with Gasteiger partial charge in [0.1, 0.15) is 11.4 Å². The van der Waals surface area contributed by atoms with Crippen LogP contribution in [0.1, 0.15) is 27.4 Å². The maximum atomic E-state index is 12.5. The Morgan fingerprint density at radius 2 is 2.04 bits per heavy atom. The van der Waals surface area contributed by atoms with Gasteiger partial charge >= 0.3 is 0 Å². The lowest BCUT2D eigenvalue weighted by Gasteiger charge is -2.07. The number of amides is 1. The molecule has 0 saturated heterocycles. The van der Waals surface area contributed by atoms with Gasteiger partial charge in [0.25, 0.3) is 5.91 Å². The minimum Gasteiger partial charge on any atom is -0.481 e. The van der Waals surface area contributed by atoms with E-state index in [-0.39, 0.29) is 5.91 Å². The van der Waals surface area contributed by atoms with E-state index in [0.717, 1.165) is 22.4 Å². The van der Waals surface area contributed by atoms with Crippen molar-refractivity contribution in [3.8, 4) is 5.88 Å². The van der Waals surface area contributed by atoms with E-state index in [9.17, 15) is 4.79 Å². The van der Waals surface area contributed by atoms with Gasteiger partial charge in [0.2, 0.25) is 5.88 Å². The zero-order chi connectivity index (χ0) is 17.4. The Morgan fingerprint density at radius 3 is 2.71 bits per heavy atom. The molecule has 0 atom stereocenters. The van der Waals surface area contributed by atoms with E-state index < -0.39 is 0 Å². The standard InChI is InChI=1S/C17H21N5O2/c1-10-7-6-8-12-15(10)21(3)13(19-12)9-18-16(23)14-11(2)20-22(4)17(14)24-5/h6-8H,9H2,1-5H3,(H,18,23). The number of aryl methyl sites for hydroxylation is 4. The summed E-state index contributed by atoms with van der Waals surface area (Å²) in [5.41, 5.74) is 4.25. The molecule has 2 aromatic heterocycles. The first-order valence-electron chi connectivity index (χ1n) is 7.70. The van der Waals surface area contributed by atoms with Crippen molar-refractivity contribution in [3.05, 3.63) is 40.8 Å². The monoisotopic (exact) mass is 327 g/mol. The Labute approximate surface area is 140 Å². The smallest absolute Gasteiger partial charge is 0.259 e. The summed E-state index contributed by atoms with van der Waals surface area (Å²) in [6.07, 6.45) is 0. The van der Waals surface area contributed by atoms with Gasteiger partial charge in [0, 0.05) is 14.1 Å². The van der Waals surface area contributed by atoms with Gasteiger partial charge in [-0.1, -0.05) is 12.1 Å². The molecule has 1 amide bonds. The first-order valence-corrected chi connectivity index (χ1v) is 7.70. The number of ether oxygens (including phenoxy) is 1. The van der Waals surface area contributed by atoms with Crippen LogP contribution in [0.25, 0.3) is 11.0 Å². The average Bonchev–Trinajstić information content (AvgIpc) is 3.02. The van der Waals surface area contributed by atoms with Gasteiger partial charge in [0.15, 0.2) is 0 Å². The molecule has 0 aliphatic rings. The second kappa shape index (κ2) is 5.99. The van der Waals surface area contributed by atoms with E-state index in [0.29, 0.717) is 23.7 Å². The highest BCUT2D eigenvalue weighted by atomic mass is 16.5. The van der Waals surface area contributed by atoms with Crippen LogP contribution in [0.15, 0.2) is 18.2 Å². The van der Waals surface area contributed by atoms with Crippen molar-refractivity contribution in [1.82, 2.24) is 24.6 Å². The first kappa shape index (κ1) is 16.0. The number of para-hydroxylation sites is 1. The normalized spacial score (nSPS) is 11.0. The number of fused-ring (bicyclic) bond motifs is 1. The highest BCUT2D eigenvalue weighted by Crippen LogP contribution is 2.21. The molecule has 0 aliphatic carbocycles. The van der Waals surface area contributed by atoms with Crippen molar-refractivity contribution in [3.63, 3.8) is 0 Å². The number of hydrogen-bond donors (Lipinski definition) is 1. The van der Waals surface area contributed by atoms with Crippen LogP contribution in [0.4, 0.5) is 0 Å². The highest BCUT2D eigenvalue weighted by Gasteiger charge is 2.21. The Kier molecular flexibility index (Phi) is 4.01. The summed E-state index contributed by atoms with van der Waals surface area (Å²) in [5.74, 6) is 1.03. The fourth-order valence-electron chi connectivity index (χ4n) is 3.05. The maximum absolute atomic E-state index is 12.5. The van der Waals surface area contributed by atoms with Gasteiger partial charge in [-0.05, 0) is 25.5 Å². The van der Waals surface area contributed by atoms with E-state index in [1.54, 1.807) is 18.7 Å². The fraction of sp³-hybridized carbons (Fsp3) is 0.353. The van der Waals surface area contributed by atoms with Crippen molar-refractivity contribution >= 4 is 16.9 Å². The van der Waals surface area contributed by atoms with Gasteiger partial charge in [-0.25, -0.2) is 9.67 Å². The number of hydrogen-bond acceptors (Lipinski definition) is 4. The number of nitrogens with one attached hydrogen (secondary N) is 1. The lowest BCUT2D eigenvalue weighted by Crippen LogP contribution is -2.25. The Morgan fingerprint density at radius 1 is 1.29 bits per heavy atom. The molecule has 126 valence electrons. The lowest BCUT2D eigenvalue weighted by atomic mass is 10.2. The van der Waals surface area contributed by atoms with Crippen LogP contribution in [-0.4, -0.2) is 32.3 Å². The predicted octanol–water partition coefficient (Wildman–Crippen LogP) is 1.86. The lowest BCUT2D eigenvalue weighted by molar-refractivity contribution is 0.0945. The SMILES string of the molecule is COc1c(C(=O)NCc2nc3cccc(C)c3n2C)c(C)nn1C. The summed E-state index contributed by atoms with van der Waals surface area (Å²) in [6, 6.07) is 6.01. The summed E-state index contributed by atoms with van der Waals surface area (Å²) < 4.78 is 8.85. The van der Waals surface area contributed by atoms with E-state index in [1.807, 2.05) is 23.7 Å². The summed E-state index contributed by atoms with van der Waals surface area (Å²) in [6.45, 7) is 4.17. The molecule has 0 bridgehead atoms. The van der Waals surface area contributed by atoms with Gasteiger partial charge in [-0.2, -0.15) is 5.10 Å². The largest absolute Gasteiger partial charge is 0.481 e. The van der Waals surface area contributed by atoms with Crippen molar-refractivity contribution in [2.45, 2.75) is 20.4 Å². The Balaban J connectivity index is 1.85. The third-order valence-corrected chi connectivity index (χ3v) is 4.19. The quantitative estimate of drug-likeness (QED) is 0.794. The molecule has 1 N–H and O–H groups in total. The van der Waals surface area contributed by atoms with Crippen molar-refractivity contribution < 1.29 is 9.53 Å². The number of carbonyl (C=O) groups excluding carboxylic acids is 1. The number of rotatable bonds is 4.